The highest BCUT2D eigenvalue weighted by atomic mass is 16.1. The molecule has 2 aromatic heterocycles. The molecular formula is C8H5N3O. The Bertz CT molecular complexity index is 515. The van der Waals surface area contributed by atoms with Crippen molar-refractivity contribution in [1.29, 1.82) is 5.26 Å². The fourth-order valence-electron chi connectivity index (χ4n) is 1.07. The lowest BCUT2D eigenvalue weighted by Crippen LogP contribution is -1.97. The zero-order valence-corrected chi connectivity index (χ0v) is 6.11. The van der Waals surface area contributed by atoms with Gasteiger partial charge in [-0.05, 0) is 0 Å². The Balaban J connectivity index is 2.86. The van der Waals surface area contributed by atoms with Gasteiger partial charge in [-0.2, -0.15) is 5.26 Å². The summed E-state index contributed by atoms with van der Waals surface area (Å²) >= 11 is 0. The molecule has 0 unspecified atom stereocenters. The maximum absolute atomic E-state index is 10.9. The number of pyridine rings is 1. The van der Waals surface area contributed by atoms with Gasteiger partial charge in [-0.15, -0.1) is 0 Å². The first-order chi connectivity index (χ1) is 5.79. The van der Waals surface area contributed by atoms with E-state index in [9.17, 15) is 4.79 Å². The summed E-state index contributed by atoms with van der Waals surface area (Å²) in [7, 11) is 0. The van der Waals surface area contributed by atoms with Gasteiger partial charge in [0.1, 0.15) is 17.4 Å². The van der Waals surface area contributed by atoms with Crippen molar-refractivity contribution in [2.45, 2.75) is 0 Å². The van der Waals surface area contributed by atoms with E-state index in [4.69, 9.17) is 5.26 Å². The summed E-state index contributed by atoms with van der Waals surface area (Å²) in [6.45, 7) is 0. The van der Waals surface area contributed by atoms with Crippen LogP contribution < -0.4 is 5.43 Å². The average Bonchev–Trinajstić information content (AvgIpc) is 2.46. The molecule has 0 atom stereocenters. The Morgan fingerprint density at radius 1 is 1.58 bits per heavy atom. The zero-order valence-electron chi connectivity index (χ0n) is 6.11. The summed E-state index contributed by atoms with van der Waals surface area (Å²) in [4.78, 5) is 13.7. The molecule has 0 radical (unpaired) electrons. The SMILES string of the molecule is N#Cc1cn2ccc(=O)cc2[nH]1. The van der Waals surface area contributed by atoms with Crippen molar-refractivity contribution in [3.63, 3.8) is 0 Å². The first kappa shape index (κ1) is 6.68. The smallest absolute Gasteiger partial charge is 0.183 e. The second-order valence-electron chi connectivity index (χ2n) is 2.43. The molecule has 12 heavy (non-hydrogen) atoms. The number of hydrogen-bond donors (Lipinski definition) is 1. The van der Waals surface area contributed by atoms with E-state index >= 15 is 0 Å². The van der Waals surface area contributed by atoms with Gasteiger partial charge in [0.05, 0.1) is 0 Å². The number of hydrogen-bond acceptors (Lipinski definition) is 2. The fourth-order valence-corrected chi connectivity index (χ4v) is 1.07. The van der Waals surface area contributed by atoms with Crippen molar-refractivity contribution < 1.29 is 0 Å². The topological polar surface area (TPSA) is 61.1 Å². The Kier molecular flexibility index (Phi) is 1.25. The Hall–Kier alpha value is -2.02. The average molecular weight is 159 g/mol. The quantitative estimate of drug-likeness (QED) is 0.608. The fraction of sp³-hybridized carbons (Fsp3) is 0. The van der Waals surface area contributed by atoms with Gasteiger partial charge in [-0.25, -0.2) is 0 Å². The molecule has 0 saturated carbocycles. The van der Waals surface area contributed by atoms with Crippen LogP contribution in [0.2, 0.25) is 0 Å². The summed E-state index contributed by atoms with van der Waals surface area (Å²) < 4.78 is 1.69. The van der Waals surface area contributed by atoms with Gasteiger partial charge in [0.25, 0.3) is 0 Å². The van der Waals surface area contributed by atoms with E-state index in [2.05, 4.69) is 4.98 Å². The van der Waals surface area contributed by atoms with E-state index < -0.39 is 0 Å². The van der Waals surface area contributed by atoms with Gasteiger partial charge in [0.15, 0.2) is 5.43 Å². The van der Waals surface area contributed by atoms with Crippen LogP contribution in [0.15, 0.2) is 29.3 Å². The summed E-state index contributed by atoms with van der Waals surface area (Å²) in [6, 6.07) is 4.85. The molecule has 0 aromatic carbocycles. The molecule has 1 N–H and O–H groups in total. The highest BCUT2D eigenvalue weighted by molar-refractivity contribution is 5.42. The third kappa shape index (κ3) is 0.883. The maximum atomic E-state index is 10.9. The van der Waals surface area contributed by atoms with Crippen LogP contribution in [0.5, 0.6) is 0 Å². The molecule has 2 rings (SSSR count). The van der Waals surface area contributed by atoms with Crippen LogP contribution in [0.3, 0.4) is 0 Å². The number of aromatic amines is 1. The lowest BCUT2D eigenvalue weighted by atomic mass is 10.5. The molecule has 4 heteroatoms. The molecule has 0 bridgehead atoms. The number of nitrogens with zero attached hydrogens (tertiary/aromatic N) is 2. The molecule has 0 aliphatic heterocycles. The van der Waals surface area contributed by atoms with Gasteiger partial charge in [-0.3, -0.25) is 4.79 Å². The summed E-state index contributed by atoms with van der Waals surface area (Å²) in [6.07, 6.45) is 3.25. The standard InChI is InChI=1S/C8H5N3O/c9-4-6-5-11-2-1-7(12)3-8(11)10-6/h1-3,5,10H. The highest BCUT2D eigenvalue weighted by Crippen LogP contribution is 1.99. The molecule has 0 fully saturated rings. The minimum absolute atomic E-state index is 0.0682. The molecule has 0 saturated heterocycles. The van der Waals surface area contributed by atoms with E-state index in [1.165, 1.54) is 12.1 Å². The number of H-pyrrole nitrogens is 1. The summed E-state index contributed by atoms with van der Waals surface area (Å²) in [5, 5.41) is 8.54. The third-order valence-electron chi connectivity index (χ3n) is 1.61. The van der Waals surface area contributed by atoms with E-state index in [-0.39, 0.29) is 5.43 Å². The maximum Gasteiger partial charge on any atom is 0.183 e. The number of nitriles is 1. The van der Waals surface area contributed by atoms with Crippen molar-refractivity contribution >= 4 is 5.65 Å². The monoisotopic (exact) mass is 159 g/mol. The molecule has 0 amide bonds. The molecule has 58 valence electrons. The van der Waals surface area contributed by atoms with Crippen LogP contribution in [0.25, 0.3) is 5.65 Å². The Morgan fingerprint density at radius 3 is 3.17 bits per heavy atom. The Morgan fingerprint density at radius 2 is 2.42 bits per heavy atom. The van der Waals surface area contributed by atoms with Crippen molar-refractivity contribution in [2.75, 3.05) is 0 Å². The van der Waals surface area contributed by atoms with E-state index in [0.29, 0.717) is 11.3 Å². The predicted octanol–water partition coefficient (Wildman–Crippen LogP) is 0.499. The number of nitrogens with one attached hydrogen (secondary N) is 1. The van der Waals surface area contributed by atoms with Crippen molar-refractivity contribution in [1.82, 2.24) is 9.38 Å². The number of rotatable bonds is 0. The first-order valence-electron chi connectivity index (χ1n) is 3.41. The number of aromatic nitrogens is 2. The summed E-state index contributed by atoms with van der Waals surface area (Å²) in [5.41, 5.74) is 1.01. The van der Waals surface area contributed by atoms with Gasteiger partial charge in [0, 0.05) is 24.5 Å². The molecule has 2 heterocycles. The van der Waals surface area contributed by atoms with Crippen LogP contribution in [0.4, 0.5) is 0 Å². The van der Waals surface area contributed by atoms with Gasteiger partial charge in [0.2, 0.25) is 0 Å². The third-order valence-corrected chi connectivity index (χ3v) is 1.61. The zero-order chi connectivity index (χ0) is 8.55. The van der Waals surface area contributed by atoms with E-state index in [1.807, 2.05) is 6.07 Å². The van der Waals surface area contributed by atoms with Crippen molar-refractivity contribution in [2.24, 2.45) is 0 Å². The lowest BCUT2D eigenvalue weighted by molar-refractivity contribution is 1.18. The lowest BCUT2D eigenvalue weighted by Gasteiger charge is -1.87. The van der Waals surface area contributed by atoms with E-state index in [0.717, 1.165) is 0 Å². The van der Waals surface area contributed by atoms with Crippen LogP contribution in [-0.4, -0.2) is 9.38 Å². The number of imidazole rings is 1. The minimum atomic E-state index is -0.0682. The second kappa shape index (κ2) is 2.24. The second-order valence-corrected chi connectivity index (χ2v) is 2.43. The van der Waals surface area contributed by atoms with Crippen LogP contribution in [-0.2, 0) is 0 Å². The Labute approximate surface area is 67.7 Å². The van der Waals surface area contributed by atoms with Crippen LogP contribution in [0, 0.1) is 11.3 Å². The molecular weight excluding hydrogens is 154 g/mol. The highest BCUT2D eigenvalue weighted by Gasteiger charge is 1.96. The van der Waals surface area contributed by atoms with Crippen molar-refractivity contribution in [3.05, 3.63) is 40.4 Å². The van der Waals surface area contributed by atoms with Gasteiger partial charge in [-0.1, -0.05) is 0 Å². The van der Waals surface area contributed by atoms with Gasteiger partial charge < -0.3 is 9.38 Å². The molecule has 0 spiro atoms. The van der Waals surface area contributed by atoms with Crippen LogP contribution in [0.1, 0.15) is 5.69 Å². The number of fused-ring (bicyclic) bond motifs is 1. The largest absolute Gasteiger partial charge is 0.331 e. The molecule has 4 nitrogen and oxygen atoms in total. The minimum Gasteiger partial charge on any atom is -0.331 e. The van der Waals surface area contributed by atoms with E-state index in [1.54, 1.807) is 16.8 Å². The normalized spacial score (nSPS) is 9.92. The van der Waals surface area contributed by atoms with Crippen molar-refractivity contribution in [3.8, 4) is 6.07 Å². The molecule has 2 aromatic rings. The molecule has 0 aliphatic rings. The first-order valence-corrected chi connectivity index (χ1v) is 3.41. The van der Waals surface area contributed by atoms with Gasteiger partial charge >= 0.3 is 0 Å². The van der Waals surface area contributed by atoms with Crippen LogP contribution >= 0.6 is 0 Å². The summed E-state index contributed by atoms with van der Waals surface area (Å²) in [5.74, 6) is 0. The predicted molar refractivity (Wildman–Crippen MR) is 42.7 cm³/mol. The molecule has 0 aliphatic carbocycles.